The van der Waals surface area contributed by atoms with Crippen molar-refractivity contribution >= 4 is 11.8 Å². The van der Waals surface area contributed by atoms with Gasteiger partial charge in [-0.05, 0) is 24.7 Å². The second-order valence-electron chi connectivity index (χ2n) is 5.80. The van der Waals surface area contributed by atoms with Crippen molar-refractivity contribution in [3.05, 3.63) is 0 Å². The SMILES string of the molecule is CC[C@@H]1C[C@H]1NC(=O)[C@@H](CC1CCC1)NC(C)=O. The third-order valence-corrected chi connectivity index (χ3v) is 4.26. The van der Waals surface area contributed by atoms with Gasteiger partial charge in [-0.3, -0.25) is 9.59 Å². The summed E-state index contributed by atoms with van der Waals surface area (Å²) in [6.07, 6.45) is 6.68. The van der Waals surface area contributed by atoms with E-state index in [0.29, 0.717) is 17.9 Å². The molecule has 0 aromatic heterocycles. The van der Waals surface area contributed by atoms with E-state index in [1.165, 1.54) is 26.2 Å². The molecule has 0 aliphatic heterocycles. The maximum atomic E-state index is 12.1. The standard InChI is InChI=1S/C14H24N2O2/c1-3-11-8-12(11)16-14(18)13(15-9(2)17)7-10-5-4-6-10/h10-13H,3-8H2,1-2H3,(H,15,17)(H,16,18)/t11-,12-,13-/m1/s1. The van der Waals surface area contributed by atoms with Crippen molar-refractivity contribution in [1.29, 1.82) is 0 Å². The summed E-state index contributed by atoms with van der Waals surface area (Å²) in [5.41, 5.74) is 0. The molecule has 0 saturated heterocycles. The summed E-state index contributed by atoms with van der Waals surface area (Å²) in [5, 5.41) is 5.85. The second kappa shape index (κ2) is 5.72. The monoisotopic (exact) mass is 252 g/mol. The molecule has 0 bridgehead atoms. The van der Waals surface area contributed by atoms with Crippen LogP contribution in [0.15, 0.2) is 0 Å². The van der Waals surface area contributed by atoms with Crippen LogP contribution in [0.3, 0.4) is 0 Å². The summed E-state index contributed by atoms with van der Waals surface area (Å²) < 4.78 is 0. The predicted octanol–water partition coefficient (Wildman–Crippen LogP) is 1.60. The third-order valence-electron chi connectivity index (χ3n) is 4.26. The van der Waals surface area contributed by atoms with Gasteiger partial charge in [-0.15, -0.1) is 0 Å². The lowest BCUT2D eigenvalue weighted by Gasteiger charge is -2.29. The van der Waals surface area contributed by atoms with Gasteiger partial charge in [-0.25, -0.2) is 0 Å². The van der Waals surface area contributed by atoms with Crippen molar-refractivity contribution < 1.29 is 9.59 Å². The Morgan fingerprint density at radius 2 is 2.06 bits per heavy atom. The number of rotatable bonds is 6. The zero-order chi connectivity index (χ0) is 13.1. The summed E-state index contributed by atoms with van der Waals surface area (Å²) in [5.74, 6) is 1.17. The molecule has 2 aliphatic rings. The lowest BCUT2D eigenvalue weighted by molar-refractivity contribution is -0.128. The maximum absolute atomic E-state index is 12.1. The van der Waals surface area contributed by atoms with E-state index in [1.807, 2.05) is 0 Å². The Morgan fingerprint density at radius 3 is 2.50 bits per heavy atom. The Morgan fingerprint density at radius 1 is 1.33 bits per heavy atom. The van der Waals surface area contributed by atoms with Crippen LogP contribution in [0.5, 0.6) is 0 Å². The molecule has 2 aliphatic carbocycles. The summed E-state index contributed by atoms with van der Waals surface area (Å²) in [6.45, 7) is 3.63. The number of hydrogen-bond acceptors (Lipinski definition) is 2. The third kappa shape index (κ3) is 3.47. The first-order chi connectivity index (χ1) is 8.60. The van der Waals surface area contributed by atoms with Gasteiger partial charge < -0.3 is 10.6 Å². The fourth-order valence-electron chi connectivity index (χ4n) is 2.70. The molecule has 102 valence electrons. The van der Waals surface area contributed by atoms with E-state index in [1.54, 1.807) is 0 Å². The zero-order valence-corrected chi connectivity index (χ0v) is 11.4. The van der Waals surface area contributed by atoms with Crippen molar-refractivity contribution in [1.82, 2.24) is 10.6 Å². The van der Waals surface area contributed by atoms with Crippen molar-refractivity contribution in [2.75, 3.05) is 0 Å². The maximum Gasteiger partial charge on any atom is 0.242 e. The topological polar surface area (TPSA) is 58.2 Å². The fourth-order valence-corrected chi connectivity index (χ4v) is 2.70. The molecule has 0 heterocycles. The predicted molar refractivity (Wildman–Crippen MR) is 69.9 cm³/mol. The van der Waals surface area contributed by atoms with Crippen LogP contribution in [0, 0.1) is 11.8 Å². The summed E-state index contributed by atoms with van der Waals surface area (Å²) in [7, 11) is 0. The average molecular weight is 252 g/mol. The highest BCUT2D eigenvalue weighted by atomic mass is 16.2. The van der Waals surface area contributed by atoms with Crippen LogP contribution in [0.2, 0.25) is 0 Å². The number of carbonyl (C=O) groups excluding carboxylic acids is 2. The van der Waals surface area contributed by atoms with Gasteiger partial charge in [-0.1, -0.05) is 32.6 Å². The zero-order valence-electron chi connectivity index (χ0n) is 11.4. The quantitative estimate of drug-likeness (QED) is 0.754. The smallest absolute Gasteiger partial charge is 0.242 e. The summed E-state index contributed by atoms with van der Waals surface area (Å²) >= 11 is 0. The van der Waals surface area contributed by atoms with Crippen molar-refractivity contribution in [3.63, 3.8) is 0 Å². The Kier molecular flexibility index (Phi) is 4.25. The molecular formula is C14H24N2O2. The number of carbonyl (C=O) groups is 2. The Hall–Kier alpha value is -1.06. The lowest BCUT2D eigenvalue weighted by Crippen LogP contribution is -2.48. The van der Waals surface area contributed by atoms with E-state index in [0.717, 1.165) is 19.3 Å². The van der Waals surface area contributed by atoms with E-state index in [9.17, 15) is 9.59 Å². The Balaban J connectivity index is 1.81. The molecule has 2 N–H and O–H groups in total. The van der Waals surface area contributed by atoms with Gasteiger partial charge in [0.1, 0.15) is 6.04 Å². The molecule has 2 rings (SSSR count). The van der Waals surface area contributed by atoms with E-state index < -0.39 is 0 Å². The molecule has 2 saturated carbocycles. The van der Waals surface area contributed by atoms with Gasteiger partial charge in [-0.2, -0.15) is 0 Å². The molecule has 0 aromatic rings. The van der Waals surface area contributed by atoms with Gasteiger partial charge in [0, 0.05) is 13.0 Å². The van der Waals surface area contributed by atoms with Crippen LogP contribution in [0.25, 0.3) is 0 Å². The molecule has 18 heavy (non-hydrogen) atoms. The van der Waals surface area contributed by atoms with Gasteiger partial charge >= 0.3 is 0 Å². The first-order valence-corrected chi connectivity index (χ1v) is 7.17. The number of nitrogens with one attached hydrogen (secondary N) is 2. The largest absolute Gasteiger partial charge is 0.351 e. The van der Waals surface area contributed by atoms with E-state index in [2.05, 4.69) is 17.6 Å². The van der Waals surface area contributed by atoms with Gasteiger partial charge in [0.2, 0.25) is 11.8 Å². The van der Waals surface area contributed by atoms with Crippen LogP contribution >= 0.6 is 0 Å². The summed E-state index contributed by atoms with van der Waals surface area (Å²) in [6, 6.07) is 0.0195. The minimum absolute atomic E-state index is 0.0121. The van der Waals surface area contributed by atoms with Gasteiger partial charge in [0.05, 0.1) is 0 Å². The van der Waals surface area contributed by atoms with Crippen molar-refractivity contribution in [2.24, 2.45) is 11.8 Å². The first kappa shape index (κ1) is 13.4. The normalized spacial score (nSPS) is 28.1. The molecule has 2 amide bonds. The van der Waals surface area contributed by atoms with E-state index in [4.69, 9.17) is 0 Å². The molecule has 4 heteroatoms. The molecule has 0 unspecified atom stereocenters. The number of hydrogen-bond donors (Lipinski definition) is 2. The Labute approximate surface area is 109 Å². The van der Waals surface area contributed by atoms with E-state index in [-0.39, 0.29) is 17.9 Å². The van der Waals surface area contributed by atoms with Gasteiger partial charge in [0.15, 0.2) is 0 Å². The van der Waals surface area contributed by atoms with Gasteiger partial charge in [0.25, 0.3) is 0 Å². The number of amides is 2. The van der Waals surface area contributed by atoms with Crippen LogP contribution in [-0.2, 0) is 9.59 Å². The highest BCUT2D eigenvalue weighted by molar-refractivity contribution is 5.87. The minimum Gasteiger partial charge on any atom is -0.351 e. The minimum atomic E-state index is -0.328. The van der Waals surface area contributed by atoms with E-state index >= 15 is 0 Å². The lowest BCUT2D eigenvalue weighted by atomic mass is 9.80. The average Bonchev–Trinajstić information content (AvgIpc) is 2.99. The van der Waals surface area contributed by atoms with Crippen molar-refractivity contribution in [2.45, 2.75) is 64.5 Å². The highest BCUT2D eigenvalue weighted by Gasteiger charge is 2.38. The molecule has 0 radical (unpaired) electrons. The highest BCUT2D eigenvalue weighted by Crippen LogP contribution is 2.34. The molecule has 2 fully saturated rings. The molecule has 4 nitrogen and oxygen atoms in total. The molecular weight excluding hydrogens is 228 g/mol. The molecule has 0 spiro atoms. The fraction of sp³-hybridized carbons (Fsp3) is 0.857. The van der Waals surface area contributed by atoms with Crippen molar-refractivity contribution in [3.8, 4) is 0 Å². The molecule has 3 atom stereocenters. The van der Waals surface area contributed by atoms with Crippen LogP contribution in [0.1, 0.15) is 52.4 Å². The van der Waals surface area contributed by atoms with Crippen LogP contribution < -0.4 is 10.6 Å². The second-order valence-corrected chi connectivity index (χ2v) is 5.80. The molecule has 0 aromatic carbocycles. The Bertz CT molecular complexity index is 326. The summed E-state index contributed by atoms with van der Waals surface area (Å²) in [4.78, 5) is 23.3. The first-order valence-electron chi connectivity index (χ1n) is 7.17. The van der Waals surface area contributed by atoms with Crippen LogP contribution in [0.4, 0.5) is 0 Å². The van der Waals surface area contributed by atoms with Crippen LogP contribution in [-0.4, -0.2) is 23.9 Å².